The van der Waals surface area contributed by atoms with Gasteiger partial charge < -0.3 is 19.0 Å². The van der Waals surface area contributed by atoms with Crippen LogP contribution in [0.2, 0.25) is 0 Å². The van der Waals surface area contributed by atoms with Crippen molar-refractivity contribution < 1.29 is 28.6 Å². The number of hydrogen-bond donors (Lipinski definition) is 1. The zero-order valence-electron chi connectivity index (χ0n) is 24.5. The predicted molar refractivity (Wildman–Crippen MR) is 161 cm³/mol. The molecule has 0 aliphatic carbocycles. The highest BCUT2D eigenvalue weighted by molar-refractivity contribution is 6.48. The normalized spacial score (nSPS) is 11.5. The standard InChI is InChI=1S/C33H38O6Si/c1-19(2)26-16-17-31(33(21(5)6)32(26)20(3)4)40-39-30-18-25(37-22(7)34)14-12-24(30)13-15-27-28(36)10-9-11-29(27)38-23(8)35/h9-21,36H,1-8H3. The topological polar surface area (TPSA) is 82.1 Å². The van der Waals surface area contributed by atoms with Crippen molar-refractivity contribution in [1.82, 2.24) is 0 Å². The van der Waals surface area contributed by atoms with E-state index in [9.17, 15) is 14.7 Å². The first-order valence-electron chi connectivity index (χ1n) is 13.5. The molecule has 2 radical (unpaired) electrons. The predicted octanol–water partition coefficient (Wildman–Crippen LogP) is 7.11. The molecule has 7 heteroatoms. The molecule has 0 aromatic heterocycles. The van der Waals surface area contributed by atoms with Gasteiger partial charge in [0.25, 0.3) is 0 Å². The van der Waals surface area contributed by atoms with Gasteiger partial charge in [0.1, 0.15) is 23.0 Å². The second-order valence-electron chi connectivity index (χ2n) is 10.6. The lowest BCUT2D eigenvalue weighted by atomic mass is 9.83. The Morgan fingerprint density at radius 3 is 2.05 bits per heavy atom. The largest absolute Gasteiger partial charge is 0.535 e. The number of carbonyl (C=O) groups excluding carboxylic acids is 2. The number of phenols is 1. The molecular weight excluding hydrogens is 520 g/mol. The van der Waals surface area contributed by atoms with Crippen molar-refractivity contribution in [2.45, 2.75) is 73.1 Å². The first-order chi connectivity index (χ1) is 18.9. The maximum Gasteiger partial charge on any atom is 0.351 e. The minimum atomic E-state index is -0.485. The molecule has 0 spiro atoms. The maximum absolute atomic E-state index is 11.6. The number of esters is 2. The van der Waals surface area contributed by atoms with Crippen LogP contribution in [0.1, 0.15) is 101 Å². The molecular formula is C33H38O6Si. The zero-order valence-corrected chi connectivity index (χ0v) is 25.5. The molecule has 40 heavy (non-hydrogen) atoms. The van der Waals surface area contributed by atoms with Gasteiger partial charge in [-0.3, -0.25) is 9.59 Å². The highest BCUT2D eigenvalue weighted by Crippen LogP contribution is 2.34. The van der Waals surface area contributed by atoms with Crippen molar-refractivity contribution >= 4 is 39.0 Å². The van der Waals surface area contributed by atoms with Crippen LogP contribution in [0.3, 0.4) is 0 Å². The summed E-state index contributed by atoms with van der Waals surface area (Å²) in [7, 11) is 0.0110. The van der Waals surface area contributed by atoms with E-state index in [2.05, 4.69) is 53.7 Å². The highest BCUT2D eigenvalue weighted by atomic mass is 28.2. The second-order valence-corrected chi connectivity index (χ2v) is 11.6. The van der Waals surface area contributed by atoms with Crippen LogP contribution in [0.15, 0.2) is 48.5 Å². The molecule has 210 valence electrons. The van der Waals surface area contributed by atoms with Crippen LogP contribution >= 0.6 is 0 Å². The first-order valence-corrected chi connectivity index (χ1v) is 14.4. The minimum absolute atomic E-state index is 0.0110. The molecule has 0 aliphatic heterocycles. The smallest absolute Gasteiger partial charge is 0.351 e. The molecule has 0 atom stereocenters. The van der Waals surface area contributed by atoms with Crippen LogP contribution in [0.4, 0.5) is 0 Å². The first kappa shape index (κ1) is 30.7. The lowest BCUT2D eigenvalue weighted by molar-refractivity contribution is -0.132. The molecule has 0 heterocycles. The number of ether oxygens (including phenoxy) is 2. The SMILES string of the molecule is CC(=O)Oc1ccc(C=Cc2c(O)cccc2OC(C)=O)c(O[Si]c2ccc(C(C)C)c(C(C)C)c2C(C)C)c1. The molecule has 6 nitrogen and oxygen atoms in total. The Bertz CT molecular complexity index is 1400. The fourth-order valence-electron chi connectivity index (χ4n) is 4.71. The van der Waals surface area contributed by atoms with Crippen molar-refractivity contribution in [2.24, 2.45) is 0 Å². The van der Waals surface area contributed by atoms with Crippen LogP contribution in [0.5, 0.6) is 23.0 Å². The van der Waals surface area contributed by atoms with Gasteiger partial charge >= 0.3 is 21.7 Å². The summed E-state index contributed by atoms with van der Waals surface area (Å²) in [6, 6.07) is 14.3. The van der Waals surface area contributed by atoms with Gasteiger partial charge in [0.2, 0.25) is 0 Å². The van der Waals surface area contributed by atoms with Gasteiger partial charge in [0, 0.05) is 25.5 Å². The second kappa shape index (κ2) is 13.5. The Hall–Kier alpha value is -3.84. The molecule has 0 fully saturated rings. The van der Waals surface area contributed by atoms with E-state index in [4.69, 9.17) is 13.9 Å². The van der Waals surface area contributed by atoms with Gasteiger partial charge in [0.05, 0.1) is 5.56 Å². The third-order valence-corrected chi connectivity index (χ3v) is 7.32. The van der Waals surface area contributed by atoms with Crippen molar-refractivity contribution in [3.8, 4) is 23.0 Å². The third kappa shape index (κ3) is 7.63. The van der Waals surface area contributed by atoms with E-state index >= 15 is 0 Å². The summed E-state index contributed by atoms with van der Waals surface area (Å²) in [4.78, 5) is 23.2. The number of phenolic OH excluding ortho intramolecular Hbond substituents is 1. The number of aromatic hydroxyl groups is 1. The monoisotopic (exact) mass is 558 g/mol. The van der Waals surface area contributed by atoms with E-state index in [0.717, 1.165) is 5.19 Å². The molecule has 0 bridgehead atoms. The molecule has 1 N–H and O–H groups in total. The van der Waals surface area contributed by atoms with Crippen LogP contribution < -0.4 is 19.1 Å². The Kier molecular flexibility index (Phi) is 10.3. The van der Waals surface area contributed by atoms with E-state index in [1.54, 1.807) is 42.5 Å². The summed E-state index contributed by atoms with van der Waals surface area (Å²) in [5.74, 6) is 1.30. The Morgan fingerprint density at radius 2 is 1.45 bits per heavy atom. The van der Waals surface area contributed by atoms with Crippen molar-refractivity contribution in [3.05, 3.63) is 76.3 Å². The van der Waals surface area contributed by atoms with Crippen LogP contribution in [0, 0.1) is 0 Å². The molecule has 3 aromatic carbocycles. The van der Waals surface area contributed by atoms with E-state index in [0.29, 0.717) is 40.4 Å². The molecule has 0 saturated heterocycles. The molecule has 0 amide bonds. The van der Waals surface area contributed by atoms with E-state index in [1.807, 2.05) is 0 Å². The van der Waals surface area contributed by atoms with Crippen LogP contribution in [-0.2, 0) is 9.59 Å². The molecule has 0 aliphatic rings. The van der Waals surface area contributed by atoms with Crippen molar-refractivity contribution in [2.75, 3.05) is 0 Å². The lowest BCUT2D eigenvalue weighted by Crippen LogP contribution is -2.28. The summed E-state index contributed by atoms with van der Waals surface area (Å²) in [5, 5.41) is 11.6. The Balaban J connectivity index is 2.04. The average molecular weight is 559 g/mol. The van der Waals surface area contributed by atoms with E-state index in [1.165, 1.54) is 36.6 Å². The molecule has 3 aromatic rings. The Morgan fingerprint density at radius 1 is 0.775 bits per heavy atom. The van der Waals surface area contributed by atoms with E-state index in [-0.39, 0.29) is 21.3 Å². The van der Waals surface area contributed by atoms with Gasteiger partial charge in [-0.15, -0.1) is 0 Å². The minimum Gasteiger partial charge on any atom is -0.535 e. The quantitative estimate of drug-likeness (QED) is 0.124. The Labute approximate surface area is 239 Å². The van der Waals surface area contributed by atoms with E-state index < -0.39 is 11.9 Å². The summed E-state index contributed by atoms with van der Waals surface area (Å²) in [5.41, 5.74) is 5.12. The summed E-state index contributed by atoms with van der Waals surface area (Å²) in [6.07, 6.45) is 3.43. The molecule has 0 saturated carbocycles. The third-order valence-electron chi connectivity index (χ3n) is 6.34. The van der Waals surface area contributed by atoms with Gasteiger partial charge in [0.15, 0.2) is 0 Å². The number of carbonyl (C=O) groups is 2. The average Bonchev–Trinajstić information content (AvgIpc) is 2.86. The zero-order chi connectivity index (χ0) is 29.6. The van der Waals surface area contributed by atoms with Crippen molar-refractivity contribution in [1.29, 1.82) is 0 Å². The highest BCUT2D eigenvalue weighted by Gasteiger charge is 2.21. The van der Waals surface area contributed by atoms with Gasteiger partial charge in [-0.25, -0.2) is 0 Å². The van der Waals surface area contributed by atoms with Gasteiger partial charge in [-0.2, -0.15) is 0 Å². The maximum atomic E-state index is 11.6. The van der Waals surface area contributed by atoms with Crippen molar-refractivity contribution in [3.63, 3.8) is 0 Å². The molecule has 3 rings (SSSR count). The van der Waals surface area contributed by atoms with Gasteiger partial charge in [-0.1, -0.05) is 65.8 Å². The summed E-state index contributed by atoms with van der Waals surface area (Å²) >= 11 is 0. The number of rotatable bonds is 10. The summed E-state index contributed by atoms with van der Waals surface area (Å²) in [6.45, 7) is 16.0. The van der Waals surface area contributed by atoms with Gasteiger partial charge in [-0.05, 0) is 70.0 Å². The number of benzene rings is 3. The fourth-order valence-corrected chi connectivity index (χ4v) is 5.79. The van der Waals surface area contributed by atoms with Crippen LogP contribution in [-0.4, -0.2) is 26.8 Å². The van der Waals surface area contributed by atoms with Crippen LogP contribution in [0.25, 0.3) is 12.2 Å². The lowest BCUT2D eigenvalue weighted by Gasteiger charge is -2.25. The summed E-state index contributed by atoms with van der Waals surface area (Å²) < 4.78 is 17.0. The molecule has 0 unspecified atom stereocenters. The number of hydrogen-bond acceptors (Lipinski definition) is 6. The fraction of sp³-hybridized carbons (Fsp3) is 0.333.